The first kappa shape index (κ1) is 18.8. The van der Waals surface area contributed by atoms with E-state index in [-0.39, 0.29) is 12.1 Å². The molecule has 0 spiro atoms. The summed E-state index contributed by atoms with van der Waals surface area (Å²) in [7, 11) is 0. The van der Waals surface area contributed by atoms with Crippen molar-refractivity contribution in [1.29, 1.82) is 0 Å². The van der Waals surface area contributed by atoms with Crippen molar-refractivity contribution in [2.45, 2.75) is 19.3 Å². The molecule has 2 aromatic heterocycles. The number of rotatable bonds is 5. The van der Waals surface area contributed by atoms with E-state index in [1.165, 1.54) is 18.2 Å². The molecule has 29 heavy (non-hydrogen) atoms. The highest BCUT2D eigenvalue weighted by molar-refractivity contribution is 5.91. The fourth-order valence-electron chi connectivity index (χ4n) is 3.51. The van der Waals surface area contributed by atoms with Crippen molar-refractivity contribution < 1.29 is 13.6 Å². The second kappa shape index (κ2) is 7.83. The van der Waals surface area contributed by atoms with Gasteiger partial charge in [0.25, 0.3) is 0 Å². The number of amides is 1. The van der Waals surface area contributed by atoms with Crippen LogP contribution in [0.25, 0.3) is 5.65 Å². The van der Waals surface area contributed by atoms with Crippen molar-refractivity contribution >= 4 is 17.2 Å². The molecule has 0 saturated heterocycles. The minimum absolute atomic E-state index is 0.0585. The molecule has 2 aromatic carbocycles. The molecule has 0 unspecified atom stereocenters. The highest BCUT2D eigenvalue weighted by atomic mass is 19.1. The minimum Gasteiger partial charge on any atom is -0.324 e. The van der Waals surface area contributed by atoms with Crippen LogP contribution in [-0.2, 0) is 4.79 Å². The Balaban J connectivity index is 1.73. The molecule has 1 atom stereocenters. The quantitative estimate of drug-likeness (QED) is 0.516. The number of halogens is 2. The number of aromatic nitrogens is 2. The Morgan fingerprint density at radius 3 is 2.52 bits per heavy atom. The topological polar surface area (TPSA) is 46.4 Å². The molecule has 146 valence electrons. The molecular weight excluding hydrogens is 372 g/mol. The molecule has 2 heterocycles. The summed E-state index contributed by atoms with van der Waals surface area (Å²) >= 11 is 0. The van der Waals surface area contributed by atoms with E-state index < -0.39 is 23.5 Å². The first-order chi connectivity index (χ1) is 14.0. The summed E-state index contributed by atoms with van der Waals surface area (Å²) < 4.78 is 30.4. The third-order valence-electron chi connectivity index (χ3n) is 4.93. The van der Waals surface area contributed by atoms with Crippen molar-refractivity contribution in [3.63, 3.8) is 0 Å². The Hall–Kier alpha value is -3.54. The van der Waals surface area contributed by atoms with Crippen LogP contribution in [0.3, 0.4) is 0 Å². The summed E-state index contributed by atoms with van der Waals surface area (Å²) in [5.41, 5.74) is 2.90. The van der Waals surface area contributed by atoms with Crippen LogP contribution in [0.5, 0.6) is 0 Å². The largest absolute Gasteiger partial charge is 0.324 e. The summed E-state index contributed by atoms with van der Waals surface area (Å²) in [6, 6.07) is 16.1. The summed E-state index contributed by atoms with van der Waals surface area (Å²) in [6.45, 7) is 1.94. The molecule has 4 rings (SSSR count). The van der Waals surface area contributed by atoms with Gasteiger partial charge in [-0.1, -0.05) is 36.4 Å². The third kappa shape index (κ3) is 3.74. The Morgan fingerprint density at radius 2 is 1.76 bits per heavy atom. The van der Waals surface area contributed by atoms with Crippen molar-refractivity contribution in [2.75, 3.05) is 5.32 Å². The maximum atomic E-state index is 14.6. The molecule has 0 saturated carbocycles. The van der Waals surface area contributed by atoms with Gasteiger partial charge in [0.15, 0.2) is 0 Å². The van der Waals surface area contributed by atoms with E-state index in [0.717, 1.165) is 11.2 Å². The number of carbonyl (C=O) groups excluding carboxylic acids is 1. The second-order valence-corrected chi connectivity index (χ2v) is 6.87. The van der Waals surface area contributed by atoms with Gasteiger partial charge in [-0.2, -0.15) is 0 Å². The lowest BCUT2D eigenvalue weighted by molar-refractivity contribution is -0.116. The van der Waals surface area contributed by atoms with Crippen LogP contribution in [0.4, 0.5) is 14.5 Å². The van der Waals surface area contributed by atoms with Gasteiger partial charge in [0.05, 0.1) is 11.4 Å². The van der Waals surface area contributed by atoms with Crippen LogP contribution < -0.4 is 5.32 Å². The summed E-state index contributed by atoms with van der Waals surface area (Å²) in [5, 5.41) is 2.59. The predicted octanol–water partition coefficient (Wildman–Crippen LogP) is 5.08. The van der Waals surface area contributed by atoms with E-state index in [4.69, 9.17) is 0 Å². The second-order valence-electron chi connectivity index (χ2n) is 6.87. The lowest BCUT2D eigenvalue weighted by Gasteiger charge is -2.18. The van der Waals surface area contributed by atoms with E-state index in [2.05, 4.69) is 10.3 Å². The minimum atomic E-state index is -0.584. The Morgan fingerprint density at radius 1 is 1.03 bits per heavy atom. The van der Waals surface area contributed by atoms with Crippen LogP contribution in [0.2, 0.25) is 0 Å². The number of aryl methyl sites for hydroxylation is 1. The number of benzene rings is 2. The molecule has 0 aliphatic rings. The van der Waals surface area contributed by atoms with E-state index in [1.54, 1.807) is 36.5 Å². The Bertz CT molecular complexity index is 1190. The normalized spacial score (nSPS) is 12.1. The third-order valence-corrected chi connectivity index (χ3v) is 4.93. The van der Waals surface area contributed by atoms with Crippen LogP contribution in [0.1, 0.15) is 29.2 Å². The monoisotopic (exact) mass is 391 g/mol. The number of carbonyl (C=O) groups is 1. The standard InChI is InChI=1S/C23H19F2N3O/c1-15-7-6-12-28-21(14-26-23(15)28)17(16-8-2-3-9-18(16)24)13-22(29)27-20-11-5-4-10-19(20)25/h2-12,14,17H,13H2,1H3,(H,27,29)/t17-/m1/s1. The molecule has 0 radical (unpaired) electrons. The fourth-order valence-corrected chi connectivity index (χ4v) is 3.51. The molecule has 1 N–H and O–H groups in total. The lowest BCUT2D eigenvalue weighted by Crippen LogP contribution is -2.18. The van der Waals surface area contributed by atoms with Crippen molar-refractivity contribution in [1.82, 2.24) is 9.38 Å². The zero-order valence-corrected chi connectivity index (χ0v) is 15.8. The number of nitrogens with zero attached hydrogens (tertiary/aromatic N) is 2. The lowest BCUT2D eigenvalue weighted by atomic mass is 9.91. The smallest absolute Gasteiger partial charge is 0.225 e. The van der Waals surface area contributed by atoms with Gasteiger partial charge in [-0.25, -0.2) is 13.8 Å². The summed E-state index contributed by atoms with van der Waals surface area (Å²) in [5.74, 6) is -1.92. The van der Waals surface area contributed by atoms with Gasteiger partial charge in [-0.05, 0) is 42.3 Å². The number of nitrogens with one attached hydrogen (secondary N) is 1. The van der Waals surface area contributed by atoms with Gasteiger partial charge in [0, 0.05) is 24.7 Å². The zero-order valence-electron chi connectivity index (χ0n) is 15.8. The molecule has 0 bridgehead atoms. The molecule has 0 aliphatic carbocycles. The highest BCUT2D eigenvalue weighted by Crippen LogP contribution is 2.31. The average Bonchev–Trinajstić information content (AvgIpc) is 3.14. The molecule has 1 amide bonds. The number of para-hydroxylation sites is 1. The molecule has 0 aliphatic heterocycles. The van der Waals surface area contributed by atoms with E-state index >= 15 is 0 Å². The van der Waals surface area contributed by atoms with E-state index in [0.29, 0.717) is 11.3 Å². The van der Waals surface area contributed by atoms with Crippen LogP contribution in [0, 0.1) is 18.6 Å². The number of hydrogen-bond acceptors (Lipinski definition) is 2. The molecule has 4 nitrogen and oxygen atoms in total. The number of fused-ring (bicyclic) bond motifs is 1. The summed E-state index contributed by atoms with van der Waals surface area (Å²) in [6.07, 6.45) is 3.44. The maximum Gasteiger partial charge on any atom is 0.225 e. The first-order valence-electron chi connectivity index (χ1n) is 9.26. The summed E-state index contributed by atoms with van der Waals surface area (Å²) in [4.78, 5) is 17.2. The van der Waals surface area contributed by atoms with Crippen LogP contribution in [0.15, 0.2) is 73.1 Å². The molecule has 0 fully saturated rings. The van der Waals surface area contributed by atoms with Gasteiger partial charge in [-0.3, -0.25) is 4.79 Å². The van der Waals surface area contributed by atoms with E-state index in [1.807, 2.05) is 29.7 Å². The van der Waals surface area contributed by atoms with Crippen LogP contribution in [-0.4, -0.2) is 15.3 Å². The van der Waals surface area contributed by atoms with Crippen LogP contribution >= 0.6 is 0 Å². The number of imidazole rings is 1. The van der Waals surface area contributed by atoms with Gasteiger partial charge in [-0.15, -0.1) is 0 Å². The zero-order chi connectivity index (χ0) is 20.4. The van der Waals surface area contributed by atoms with E-state index in [9.17, 15) is 13.6 Å². The molecule has 6 heteroatoms. The highest BCUT2D eigenvalue weighted by Gasteiger charge is 2.25. The number of anilines is 1. The fraction of sp³-hybridized carbons (Fsp3) is 0.130. The average molecular weight is 391 g/mol. The number of hydrogen-bond donors (Lipinski definition) is 1. The van der Waals surface area contributed by atoms with Gasteiger partial charge in [0.2, 0.25) is 5.91 Å². The van der Waals surface area contributed by atoms with Gasteiger partial charge in [0.1, 0.15) is 17.3 Å². The predicted molar refractivity (Wildman–Crippen MR) is 108 cm³/mol. The Kier molecular flexibility index (Phi) is 5.08. The first-order valence-corrected chi connectivity index (χ1v) is 9.26. The molecule has 4 aromatic rings. The van der Waals surface area contributed by atoms with Gasteiger partial charge < -0.3 is 9.72 Å². The molecular formula is C23H19F2N3O. The Labute approximate surface area is 166 Å². The van der Waals surface area contributed by atoms with Crippen molar-refractivity contribution in [3.05, 3.63) is 102 Å². The maximum absolute atomic E-state index is 14.6. The SMILES string of the molecule is Cc1cccn2c([C@H](CC(=O)Nc3ccccc3F)c3ccccc3F)cnc12. The van der Waals surface area contributed by atoms with Crippen molar-refractivity contribution in [3.8, 4) is 0 Å². The number of pyridine rings is 1. The van der Waals surface area contributed by atoms with Gasteiger partial charge >= 0.3 is 0 Å². The van der Waals surface area contributed by atoms with Crippen molar-refractivity contribution in [2.24, 2.45) is 0 Å².